The first kappa shape index (κ1) is 26.2. The molecule has 0 aliphatic heterocycles. The van der Waals surface area contributed by atoms with E-state index >= 15 is 0 Å². The van der Waals surface area contributed by atoms with Gasteiger partial charge in [-0.3, -0.25) is 9.59 Å². The second kappa shape index (κ2) is 11.9. The number of hydrogen-bond donors (Lipinski definition) is 1. The van der Waals surface area contributed by atoms with Gasteiger partial charge in [0.05, 0.1) is 5.92 Å². The Kier molecular flexibility index (Phi) is 8.22. The van der Waals surface area contributed by atoms with Gasteiger partial charge in [-0.15, -0.1) is 0 Å². The van der Waals surface area contributed by atoms with Crippen LogP contribution in [0.5, 0.6) is 0 Å². The summed E-state index contributed by atoms with van der Waals surface area (Å²) in [6.45, 7) is 1.74. The zero-order valence-electron chi connectivity index (χ0n) is 22.3. The Hall–Kier alpha value is -3.46. The molecule has 0 heterocycles. The maximum Gasteiger partial charge on any atom is 0.306 e. The molecule has 3 nitrogen and oxygen atoms in total. The summed E-state index contributed by atoms with van der Waals surface area (Å²) in [7, 11) is 0. The fourth-order valence-electron chi connectivity index (χ4n) is 6.51. The second-order valence-corrected chi connectivity index (χ2v) is 11.5. The summed E-state index contributed by atoms with van der Waals surface area (Å²) < 4.78 is 0. The van der Waals surface area contributed by atoms with Gasteiger partial charge in [-0.25, -0.2) is 0 Å². The molecule has 38 heavy (non-hydrogen) atoms. The van der Waals surface area contributed by atoms with Gasteiger partial charge in [0.2, 0.25) is 0 Å². The maximum atomic E-state index is 11.4. The van der Waals surface area contributed by atoms with Crippen molar-refractivity contribution in [2.75, 3.05) is 0 Å². The van der Waals surface area contributed by atoms with Crippen molar-refractivity contribution in [2.24, 2.45) is 23.7 Å². The van der Waals surface area contributed by atoms with Gasteiger partial charge in [-0.1, -0.05) is 84.9 Å². The van der Waals surface area contributed by atoms with E-state index in [-0.39, 0.29) is 5.92 Å². The highest BCUT2D eigenvalue weighted by Crippen LogP contribution is 2.35. The zero-order valence-corrected chi connectivity index (χ0v) is 22.3. The quantitative estimate of drug-likeness (QED) is 0.286. The van der Waals surface area contributed by atoms with E-state index in [1.54, 1.807) is 6.92 Å². The number of rotatable bonds is 6. The molecule has 4 atom stereocenters. The minimum Gasteiger partial charge on any atom is -0.481 e. The highest BCUT2D eigenvalue weighted by atomic mass is 16.4. The van der Waals surface area contributed by atoms with E-state index in [0.717, 1.165) is 44.9 Å². The molecular formula is C35H38O3. The van der Waals surface area contributed by atoms with E-state index in [0.29, 0.717) is 23.5 Å². The summed E-state index contributed by atoms with van der Waals surface area (Å²) in [6, 6.07) is 30.2. The molecule has 0 unspecified atom stereocenters. The third-order valence-corrected chi connectivity index (χ3v) is 8.68. The third-order valence-electron chi connectivity index (χ3n) is 8.68. The lowest BCUT2D eigenvalue weighted by molar-refractivity contribution is -0.141. The van der Waals surface area contributed by atoms with E-state index in [1.165, 1.54) is 39.1 Å². The Morgan fingerprint density at radius 1 is 0.632 bits per heavy atom. The molecule has 196 valence electrons. The average molecular weight is 507 g/mol. The molecule has 4 aromatic rings. The van der Waals surface area contributed by atoms with Crippen LogP contribution in [0.3, 0.4) is 0 Å². The fourth-order valence-corrected chi connectivity index (χ4v) is 6.51. The molecule has 0 radical (unpaired) electrons. The van der Waals surface area contributed by atoms with Crippen LogP contribution in [-0.2, 0) is 22.4 Å². The van der Waals surface area contributed by atoms with E-state index in [9.17, 15) is 9.59 Å². The first-order valence-electron chi connectivity index (χ1n) is 14.1. The number of ketones is 1. The largest absolute Gasteiger partial charge is 0.481 e. The number of fused-ring (bicyclic) bond motifs is 2. The van der Waals surface area contributed by atoms with Crippen LogP contribution in [0, 0.1) is 23.7 Å². The van der Waals surface area contributed by atoms with Crippen LogP contribution in [-0.4, -0.2) is 16.9 Å². The molecule has 6 rings (SSSR count). The van der Waals surface area contributed by atoms with Gasteiger partial charge in [0.25, 0.3) is 0 Å². The molecule has 2 aliphatic carbocycles. The lowest BCUT2D eigenvalue weighted by Crippen LogP contribution is -2.10. The van der Waals surface area contributed by atoms with Gasteiger partial charge in [-0.05, 0) is 103 Å². The van der Waals surface area contributed by atoms with E-state index in [4.69, 9.17) is 5.11 Å². The fraction of sp³-hybridized carbons (Fsp3) is 0.371. The highest BCUT2D eigenvalue weighted by Gasteiger charge is 2.29. The van der Waals surface area contributed by atoms with E-state index < -0.39 is 5.97 Å². The SMILES string of the molecule is CC(=O)[C@@H]1CC[C@@H](Cc2ccc3ccccc3c2)C1.O=C(O)[C@@H]1CC[C@@H](Cc2ccc3ccccc3c2)C1. The summed E-state index contributed by atoms with van der Waals surface area (Å²) in [4.78, 5) is 22.4. The lowest BCUT2D eigenvalue weighted by atomic mass is 9.94. The normalized spacial score (nSPS) is 22.8. The van der Waals surface area contributed by atoms with Crippen LogP contribution >= 0.6 is 0 Å². The van der Waals surface area contributed by atoms with Crippen LogP contribution in [0.4, 0.5) is 0 Å². The highest BCUT2D eigenvalue weighted by molar-refractivity contribution is 5.83. The van der Waals surface area contributed by atoms with Crippen molar-refractivity contribution in [2.45, 2.75) is 58.3 Å². The Morgan fingerprint density at radius 3 is 1.50 bits per heavy atom. The van der Waals surface area contributed by atoms with Crippen molar-refractivity contribution >= 4 is 33.3 Å². The van der Waals surface area contributed by atoms with Gasteiger partial charge in [0.1, 0.15) is 5.78 Å². The molecule has 3 heteroatoms. The van der Waals surface area contributed by atoms with E-state index in [2.05, 4.69) is 84.9 Å². The predicted molar refractivity (Wildman–Crippen MR) is 155 cm³/mol. The van der Waals surface area contributed by atoms with Crippen LogP contribution in [0.15, 0.2) is 84.9 Å². The topological polar surface area (TPSA) is 54.4 Å². The summed E-state index contributed by atoms with van der Waals surface area (Å²) >= 11 is 0. The molecule has 1 N–H and O–H groups in total. The number of aliphatic carboxylic acids is 1. The van der Waals surface area contributed by atoms with Crippen molar-refractivity contribution in [3.05, 3.63) is 96.1 Å². The van der Waals surface area contributed by atoms with Gasteiger partial charge in [0, 0.05) is 5.92 Å². The van der Waals surface area contributed by atoms with Crippen molar-refractivity contribution < 1.29 is 14.7 Å². The van der Waals surface area contributed by atoms with E-state index in [1.807, 2.05) is 0 Å². The Balaban J connectivity index is 0.000000155. The second-order valence-electron chi connectivity index (χ2n) is 11.5. The summed E-state index contributed by atoms with van der Waals surface area (Å²) in [6.07, 6.45) is 8.23. The molecule has 0 bridgehead atoms. The number of carbonyl (C=O) groups excluding carboxylic acids is 1. The summed E-state index contributed by atoms with van der Waals surface area (Å²) in [5.74, 6) is 1.18. The monoisotopic (exact) mass is 506 g/mol. The summed E-state index contributed by atoms with van der Waals surface area (Å²) in [5.41, 5.74) is 2.74. The van der Waals surface area contributed by atoms with Crippen molar-refractivity contribution in [1.29, 1.82) is 0 Å². The van der Waals surface area contributed by atoms with Crippen LogP contribution in [0.1, 0.15) is 56.6 Å². The zero-order chi connectivity index (χ0) is 26.5. The van der Waals surface area contributed by atoms with Gasteiger partial charge in [0.15, 0.2) is 0 Å². The predicted octanol–water partition coefficient (Wildman–Crippen LogP) is 8.27. The molecule has 2 saturated carbocycles. The van der Waals surface area contributed by atoms with Crippen LogP contribution < -0.4 is 0 Å². The first-order valence-corrected chi connectivity index (χ1v) is 14.1. The Labute approximate surface area is 225 Å². The molecule has 4 aromatic carbocycles. The van der Waals surface area contributed by atoms with Crippen molar-refractivity contribution in [3.63, 3.8) is 0 Å². The average Bonchev–Trinajstić information content (AvgIpc) is 3.59. The van der Waals surface area contributed by atoms with Gasteiger partial charge < -0.3 is 5.11 Å². The minimum absolute atomic E-state index is 0.120. The molecule has 0 spiro atoms. The van der Waals surface area contributed by atoms with Crippen LogP contribution in [0.2, 0.25) is 0 Å². The first-order chi connectivity index (χ1) is 18.4. The standard InChI is InChI=1S/C18H20O.C17H18O2/c1-13(19)17-9-7-14(11-17)10-15-6-8-16-4-2-3-5-18(16)12-15;18-17(19)16-8-6-13(11-16)9-12-5-7-14-3-1-2-4-15(14)10-12/h2-6,8,12,14,17H,7,9-11H2,1H3;1-5,7,10,13,16H,6,8-9,11H2,(H,18,19)/t14-,17+;13-,16+/m00/s1. The molecular weight excluding hydrogens is 468 g/mol. The molecule has 2 aliphatic rings. The smallest absolute Gasteiger partial charge is 0.306 e. The Bertz CT molecular complexity index is 1310. The van der Waals surface area contributed by atoms with Crippen LogP contribution in [0.25, 0.3) is 21.5 Å². The third kappa shape index (κ3) is 6.51. The summed E-state index contributed by atoms with van der Waals surface area (Å²) in [5, 5.41) is 14.2. The molecule has 0 amide bonds. The number of Topliss-reactive ketones (excluding diaryl/α,β-unsaturated/α-hetero) is 1. The maximum absolute atomic E-state index is 11.4. The molecule has 0 saturated heterocycles. The van der Waals surface area contributed by atoms with Crippen molar-refractivity contribution in [3.8, 4) is 0 Å². The number of carboxylic acids is 1. The molecule has 2 fully saturated rings. The molecule has 0 aromatic heterocycles. The minimum atomic E-state index is -0.624. The number of carbonyl (C=O) groups is 2. The number of benzene rings is 4. The van der Waals surface area contributed by atoms with Crippen molar-refractivity contribution in [1.82, 2.24) is 0 Å². The lowest BCUT2D eigenvalue weighted by Gasteiger charge is -2.10. The van der Waals surface area contributed by atoms with Gasteiger partial charge >= 0.3 is 5.97 Å². The Morgan fingerprint density at radius 2 is 1.08 bits per heavy atom. The number of hydrogen-bond acceptors (Lipinski definition) is 2. The number of carboxylic acid groups (broad SMARTS) is 1. The van der Waals surface area contributed by atoms with Gasteiger partial charge in [-0.2, -0.15) is 0 Å².